The number of benzene rings is 2. The molecule has 1 N–H and O–H groups in total. The molecule has 1 atom stereocenters. The lowest BCUT2D eigenvalue weighted by Crippen LogP contribution is -2.25. The maximum atomic E-state index is 12.5. The number of carbonyl (C=O) groups excluding carboxylic acids is 1. The summed E-state index contributed by atoms with van der Waals surface area (Å²) in [6.45, 7) is 8.28. The molecule has 0 spiro atoms. The van der Waals surface area contributed by atoms with Crippen LogP contribution in [-0.4, -0.2) is 27.2 Å². The van der Waals surface area contributed by atoms with E-state index >= 15 is 0 Å². The Labute approximate surface area is 173 Å². The molecule has 0 saturated carbocycles. The van der Waals surface area contributed by atoms with Crippen molar-refractivity contribution in [1.82, 2.24) is 5.32 Å². The number of rotatable bonds is 8. The van der Waals surface area contributed by atoms with Crippen LogP contribution in [0.2, 0.25) is 0 Å². The van der Waals surface area contributed by atoms with E-state index in [0.29, 0.717) is 17.4 Å². The second-order valence-corrected chi connectivity index (χ2v) is 7.28. The molecular weight excluding hydrogens is 366 g/mol. The van der Waals surface area contributed by atoms with E-state index in [1.54, 1.807) is 27.4 Å². The average Bonchev–Trinajstić information content (AvgIpc) is 2.71. The zero-order chi connectivity index (χ0) is 21.6. The molecule has 0 aliphatic heterocycles. The number of nitrogens with one attached hydrogen (secondary N) is 1. The van der Waals surface area contributed by atoms with Crippen LogP contribution in [0.4, 0.5) is 0 Å². The van der Waals surface area contributed by atoms with E-state index in [1.165, 1.54) is 6.08 Å². The highest BCUT2D eigenvalue weighted by atomic mass is 16.5. The number of ether oxygens (including phenoxy) is 3. The van der Waals surface area contributed by atoms with Crippen molar-refractivity contribution in [2.75, 3.05) is 21.3 Å². The van der Waals surface area contributed by atoms with Crippen molar-refractivity contribution in [2.24, 2.45) is 0 Å². The summed E-state index contributed by atoms with van der Waals surface area (Å²) in [4.78, 5) is 12.5. The highest BCUT2D eigenvalue weighted by Crippen LogP contribution is 2.32. The lowest BCUT2D eigenvalue weighted by Gasteiger charge is -2.20. The fraction of sp³-hybridized carbons (Fsp3) is 0.375. The Morgan fingerprint density at radius 3 is 2.14 bits per heavy atom. The van der Waals surface area contributed by atoms with Gasteiger partial charge in [-0.3, -0.25) is 4.79 Å². The summed E-state index contributed by atoms with van der Waals surface area (Å²) in [5.74, 6) is 2.33. The molecular formula is C24H31NO4. The Morgan fingerprint density at radius 2 is 1.55 bits per heavy atom. The maximum absolute atomic E-state index is 12.5. The molecule has 29 heavy (non-hydrogen) atoms. The number of methoxy groups -OCH3 is 3. The molecule has 5 heteroatoms. The molecule has 2 rings (SSSR count). The van der Waals surface area contributed by atoms with Crippen molar-refractivity contribution in [3.8, 4) is 17.2 Å². The van der Waals surface area contributed by atoms with Crippen LogP contribution in [0.15, 0.2) is 36.4 Å². The molecule has 0 bridgehead atoms. The van der Waals surface area contributed by atoms with E-state index < -0.39 is 0 Å². The van der Waals surface area contributed by atoms with Gasteiger partial charge in [0, 0.05) is 6.08 Å². The van der Waals surface area contributed by atoms with E-state index in [0.717, 1.165) is 28.0 Å². The van der Waals surface area contributed by atoms with Gasteiger partial charge in [0.15, 0.2) is 11.5 Å². The molecule has 0 heterocycles. The van der Waals surface area contributed by atoms with Crippen LogP contribution in [0.25, 0.3) is 6.08 Å². The van der Waals surface area contributed by atoms with Crippen LogP contribution in [0.1, 0.15) is 55.0 Å². The monoisotopic (exact) mass is 397 g/mol. The Bertz CT molecular complexity index is 887. The zero-order valence-corrected chi connectivity index (χ0v) is 18.3. The van der Waals surface area contributed by atoms with Gasteiger partial charge in [0.25, 0.3) is 0 Å². The molecule has 156 valence electrons. The summed E-state index contributed by atoms with van der Waals surface area (Å²) in [5, 5.41) is 3.04. The first-order valence-corrected chi connectivity index (χ1v) is 9.69. The third-order valence-corrected chi connectivity index (χ3v) is 4.90. The first-order chi connectivity index (χ1) is 13.8. The van der Waals surface area contributed by atoms with Crippen LogP contribution in [0.3, 0.4) is 0 Å². The lowest BCUT2D eigenvalue weighted by molar-refractivity contribution is -0.117. The Morgan fingerprint density at radius 1 is 0.897 bits per heavy atom. The van der Waals surface area contributed by atoms with Gasteiger partial charge in [-0.05, 0) is 72.4 Å². The molecule has 2 aromatic rings. The molecule has 2 aromatic carbocycles. The minimum Gasteiger partial charge on any atom is -0.496 e. The molecule has 0 radical (unpaired) electrons. The summed E-state index contributed by atoms with van der Waals surface area (Å²) in [5.41, 5.74) is 4.16. The third-order valence-electron chi connectivity index (χ3n) is 4.90. The fourth-order valence-electron chi connectivity index (χ4n) is 3.28. The van der Waals surface area contributed by atoms with Crippen molar-refractivity contribution in [2.45, 2.75) is 39.7 Å². The highest BCUT2D eigenvalue weighted by molar-refractivity contribution is 5.92. The molecule has 0 unspecified atom stereocenters. The molecule has 0 saturated heterocycles. The zero-order valence-electron chi connectivity index (χ0n) is 18.3. The standard InChI is InChI=1S/C24H31NO4/c1-15(2)19-14-20(16(3)12-22(19)28-6)17(4)25-24(26)11-9-18-8-10-21(27-5)23(13-18)29-7/h8-15,17H,1-7H3,(H,25,26)/b11-9+/t17-/m1/s1. The van der Waals surface area contributed by atoms with Gasteiger partial charge in [-0.15, -0.1) is 0 Å². The molecule has 0 aliphatic carbocycles. The van der Waals surface area contributed by atoms with Gasteiger partial charge >= 0.3 is 0 Å². The van der Waals surface area contributed by atoms with E-state index in [-0.39, 0.29) is 11.9 Å². The van der Waals surface area contributed by atoms with Gasteiger partial charge in [-0.1, -0.05) is 19.9 Å². The Balaban J connectivity index is 2.15. The van der Waals surface area contributed by atoms with Gasteiger partial charge in [-0.25, -0.2) is 0 Å². The smallest absolute Gasteiger partial charge is 0.244 e. The molecule has 0 aliphatic rings. The van der Waals surface area contributed by atoms with Gasteiger partial charge in [0.2, 0.25) is 5.91 Å². The van der Waals surface area contributed by atoms with Crippen LogP contribution in [0, 0.1) is 6.92 Å². The molecule has 0 aromatic heterocycles. The van der Waals surface area contributed by atoms with Crippen molar-refractivity contribution in [3.05, 3.63) is 58.7 Å². The predicted molar refractivity (Wildman–Crippen MR) is 117 cm³/mol. The summed E-state index contributed by atoms with van der Waals surface area (Å²) in [7, 11) is 4.86. The van der Waals surface area contributed by atoms with Crippen LogP contribution < -0.4 is 19.5 Å². The van der Waals surface area contributed by atoms with Crippen LogP contribution >= 0.6 is 0 Å². The fourth-order valence-corrected chi connectivity index (χ4v) is 3.28. The Kier molecular flexibility index (Phi) is 7.71. The van der Waals surface area contributed by atoms with Crippen molar-refractivity contribution < 1.29 is 19.0 Å². The minimum atomic E-state index is -0.159. The van der Waals surface area contributed by atoms with E-state index in [2.05, 4.69) is 25.2 Å². The van der Waals surface area contributed by atoms with Gasteiger partial charge in [-0.2, -0.15) is 0 Å². The topological polar surface area (TPSA) is 56.8 Å². The second kappa shape index (κ2) is 10.0. The maximum Gasteiger partial charge on any atom is 0.244 e. The summed E-state index contributed by atoms with van der Waals surface area (Å²) < 4.78 is 16.0. The van der Waals surface area contributed by atoms with E-state index in [9.17, 15) is 4.79 Å². The molecule has 5 nitrogen and oxygen atoms in total. The first-order valence-electron chi connectivity index (χ1n) is 9.69. The highest BCUT2D eigenvalue weighted by Gasteiger charge is 2.16. The number of aryl methyl sites for hydroxylation is 1. The lowest BCUT2D eigenvalue weighted by atomic mass is 9.93. The van der Waals surface area contributed by atoms with Crippen LogP contribution in [-0.2, 0) is 4.79 Å². The second-order valence-electron chi connectivity index (χ2n) is 7.28. The molecule has 1 amide bonds. The first kappa shape index (κ1) is 22.3. The number of carbonyl (C=O) groups is 1. The largest absolute Gasteiger partial charge is 0.496 e. The van der Waals surface area contributed by atoms with E-state index in [4.69, 9.17) is 14.2 Å². The average molecular weight is 398 g/mol. The minimum absolute atomic E-state index is 0.124. The van der Waals surface area contributed by atoms with Gasteiger partial charge in [0.05, 0.1) is 27.4 Å². The summed E-state index contributed by atoms with van der Waals surface area (Å²) in [6.07, 6.45) is 3.28. The summed E-state index contributed by atoms with van der Waals surface area (Å²) in [6, 6.07) is 9.55. The molecule has 0 fully saturated rings. The SMILES string of the molecule is COc1ccc(/C=C/C(=O)N[C@H](C)c2cc(C(C)C)c(OC)cc2C)cc1OC. The van der Waals surface area contributed by atoms with E-state index in [1.807, 2.05) is 38.1 Å². The Hall–Kier alpha value is -2.95. The number of amides is 1. The number of hydrogen-bond donors (Lipinski definition) is 1. The number of hydrogen-bond acceptors (Lipinski definition) is 4. The van der Waals surface area contributed by atoms with Crippen molar-refractivity contribution in [1.29, 1.82) is 0 Å². The quantitative estimate of drug-likeness (QED) is 0.635. The summed E-state index contributed by atoms with van der Waals surface area (Å²) >= 11 is 0. The van der Waals surface area contributed by atoms with Gasteiger partial charge < -0.3 is 19.5 Å². The van der Waals surface area contributed by atoms with Crippen molar-refractivity contribution in [3.63, 3.8) is 0 Å². The van der Waals surface area contributed by atoms with Crippen molar-refractivity contribution >= 4 is 12.0 Å². The predicted octanol–water partition coefficient (Wildman–Crippen LogP) is 5.03. The third kappa shape index (κ3) is 5.53. The van der Waals surface area contributed by atoms with Gasteiger partial charge in [0.1, 0.15) is 5.75 Å². The normalized spacial score (nSPS) is 12.1. The van der Waals surface area contributed by atoms with Crippen LogP contribution in [0.5, 0.6) is 17.2 Å².